The Balaban J connectivity index is 4.19. The van der Waals surface area contributed by atoms with Crippen molar-refractivity contribution < 1.29 is 23.9 Å². The second-order valence-electron chi connectivity index (χ2n) is 13.9. The predicted octanol–water partition coefficient (Wildman–Crippen LogP) is 10.7. The summed E-state index contributed by atoms with van der Waals surface area (Å²) in [6.07, 6.45) is 29.6. The lowest BCUT2D eigenvalue weighted by atomic mass is 10.0. The van der Waals surface area contributed by atoms with E-state index in [4.69, 9.17) is 9.47 Å². The van der Waals surface area contributed by atoms with Crippen LogP contribution in [0.1, 0.15) is 187 Å². The van der Waals surface area contributed by atoms with E-state index in [0.29, 0.717) is 26.0 Å². The van der Waals surface area contributed by atoms with Crippen molar-refractivity contribution in [1.29, 1.82) is 0 Å². The molecule has 49 heavy (non-hydrogen) atoms. The fourth-order valence-electron chi connectivity index (χ4n) is 6.11. The number of halogens is 1. The lowest BCUT2D eigenvalue weighted by Gasteiger charge is -2.22. The minimum absolute atomic E-state index is 0.00430. The first-order valence-corrected chi connectivity index (χ1v) is 22.1. The highest BCUT2D eigenvalue weighted by molar-refractivity contribution is 14.1. The topological polar surface area (TPSA) is 97.0 Å². The van der Waals surface area contributed by atoms with E-state index in [0.717, 1.165) is 116 Å². The van der Waals surface area contributed by atoms with Crippen LogP contribution in [0.15, 0.2) is 0 Å². The summed E-state index contributed by atoms with van der Waals surface area (Å²) in [5.41, 5.74) is 0. The molecule has 0 heterocycles. The second kappa shape index (κ2) is 38.1. The molecule has 290 valence electrons. The number of rotatable bonds is 37. The molecule has 0 aliphatic heterocycles. The fourth-order valence-corrected chi connectivity index (χ4v) is 6.65. The van der Waals surface area contributed by atoms with Crippen molar-refractivity contribution in [3.05, 3.63) is 0 Å². The molecule has 0 rings (SSSR count). The maximum Gasteiger partial charge on any atom is 0.314 e. The molecular formula is C40H78IN3O5. The van der Waals surface area contributed by atoms with Gasteiger partial charge in [0.25, 0.3) is 0 Å². The van der Waals surface area contributed by atoms with Gasteiger partial charge in [0.1, 0.15) is 6.10 Å². The minimum Gasteiger partial charge on any atom is -0.466 e. The van der Waals surface area contributed by atoms with E-state index in [1.54, 1.807) is 7.05 Å². The van der Waals surface area contributed by atoms with Gasteiger partial charge >= 0.3 is 18.0 Å². The first-order chi connectivity index (χ1) is 24.0. The Morgan fingerprint density at radius 3 is 1.69 bits per heavy atom. The van der Waals surface area contributed by atoms with Gasteiger partial charge in [-0.05, 0) is 94.7 Å². The zero-order chi connectivity index (χ0) is 36.0. The third-order valence-electron chi connectivity index (χ3n) is 9.22. The van der Waals surface area contributed by atoms with Gasteiger partial charge in [-0.25, -0.2) is 4.79 Å². The van der Waals surface area contributed by atoms with Crippen LogP contribution in [0.3, 0.4) is 0 Å². The highest BCUT2D eigenvalue weighted by Gasteiger charge is 2.14. The highest BCUT2D eigenvalue weighted by Crippen LogP contribution is 2.17. The molecule has 0 saturated carbocycles. The summed E-state index contributed by atoms with van der Waals surface area (Å²) in [5.74, 6) is -0.0419. The highest BCUT2D eigenvalue weighted by atomic mass is 127. The number of alkyl halides is 1. The van der Waals surface area contributed by atoms with E-state index in [-0.39, 0.29) is 24.1 Å². The van der Waals surface area contributed by atoms with Crippen molar-refractivity contribution in [2.75, 3.05) is 44.3 Å². The fraction of sp³-hybridized carbons (Fsp3) is 0.925. The monoisotopic (exact) mass is 807 g/mol. The van der Waals surface area contributed by atoms with Crippen molar-refractivity contribution in [3.63, 3.8) is 0 Å². The number of hydrogen-bond acceptors (Lipinski definition) is 6. The number of amides is 2. The number of carbonyl (C=O) groups is 3. The van der Waals surface area contributed by atoms with Gasteiger partial charge < -0.3 is 25.0 Å². The van der Waals surface area contributed by atoms with Gasteiger partial charge in [0.15, 0.2) is 0 Å². The summed E-state index contributed by atoms with van der Waals surface area (Å²) in [6.45, 7) is 8.83. The van der Waals surface area contributed by atoms with E-state index < -0.39 is 0 Å². The van der Waals surface area contributed by atoms with E-state index >= 15 is 0 Å². The van der Waals surface area contributed by atoms with Crippen LogP contribution in [0.25, 0.3) is 0 Å². The number of nitrogens with one attached hydrogen (secondary N) is 2. The van der Waals surface area contributed by atoms with Crippen LogP contribution in [-0.2, 0) is 19.1 Å². The molecule has 0 saturated heterocycles. The normalized spacial score (nSPS) is 11.9. The lowest BCUT2D eigenvalue weighted by molar-refractivity contribution is -0.150. The Morgan fingerprint density at radius 2 is 1.08 bits per heavy atom. The van der Waals surface area contributed by atoms with Crippen LogP contribution in [0.2, 0.25) is 0 Å². The number of unbranched alkanes of at least 4 members (excludes halogenated alkanes) is 17. The van der Waals surface area contributed by atoms with Gasteiger partial charge in [-0.15, -0.1) is 0 Å². The quantitative estimate of drug-likeness (QED) is 0.0281. The molecule has 0 aromatic rings. The first kappa shape index (κ1) is 47.9. The molecule has 0 aliphatic rings. The first-order valence-electron chi connectivity index (χ1n) is 20.6. The van der Waals surface area contributed by atoms with Crippen molar-refractivity contribution in [2.45, 2.75) is 193 Å². The van der Waals surface area contributed by atoms with E-state index in [1.807, 2.05) is 0 Å². The Labute approximate surface area is 316 Å². The molecule has 0 radical (unpaired) electrons. The number of carbonyl (C=O) groups excluding carboxylic acids is 3. The van der Waals surface area contributed by atoms with Crippen LogP contribution < -0.4 is 10.6 Å². The molecule has 1 atom stereocenters. The standard InChI is InChI=1S/C40H78IN3O5/c1-4-6-8-9-16-25-36-48-38(45)29-20-12-10-14-23-33-44(35-26-32-43-40(47)42-3)34-24-15-11-13-21-30-39(46)49-37(27-18-7-5-2)28-19-17-22-31-41/h37H,4-36H2,1-3H3,(H2,42,43,47). The Hall–Kier alpha value is -1.10. The van der Waals surface area contributed by atoms with Crippen LogP contribution in [0, 0.1) is 0 Å². The van der Waals surface area contributed by atoms with Crippen molar-refractivity contribution in [2.24, 2.45) is 0 Å². The minimum atomic E-state index is -0.125. The number of urea groups is 1. The van der Waals surface area contributed by atoms with Crippen molar-refractivity contribution >= 4 is 40.6 Å². The molecule has 0 fully saturated rings. The zero-order valence-corrected chi connectivity index (χ0v) is 34.4. The van der Waals surface area contributed by atoms with E-state index in [9.17, 15) is 14.4 Å². The van der Waals surface area contributed by atoms with Crippen LogP contribution in [0.4, 0.5) is 4.79 Å². The lowest BCUT2D eigenvalue weighted by Crippen LogP contribution is -2.35. The van der Waals surface area contributed by atoms with Gasteiger partial charge in [-0.1, -0.05) is 126 Å². The third kappa shape index (κ3) is 35.1. The maximum absolute atomic E-state index is 12.6. The largest absolute Gasteiger partial charge is 0.466 e. The molecule has 0 aliphatic carbocycles. The molecule has 0 bridgehead atoms. The molecule has 9 heteroatoms. The molecule has 0 aromatic carbocycles. The van der Waals surface area contributed by atoms with Gasteiger partial charge in [0, 0.05) is 26.4 Å². The zero-order valence-electron chi connectivity index (χ0n) is 32.3. The van der Waals surface area contributed by atoms with Crippen LogP contribution >= 0.6 is 22.6 Å². The number of hydrogen-bond donors (Lipinski definition) is 2. The van der Waals surface area contributed by atoms with E-state index in [1.165, 1.54) is 68.6 Å². The average molecular weight is 808 g/mol. The smallest absolute Gasteiger partial charge is 0.314 e. The molecule has 0 spiro atoms. The molecule has 2 N–H and O–H groups in total. The molecule has 8 nitrogen and oxygen atoms in total. The third-order valence-corrected chi connectivity index (χ3v) is 9.99. The van der Waals surface area contributed by atoms with Crippen molar-refractivity contribution in [1.82, 2.24) is 15.5 Å². The summed E-state index contributed by atoms with van der Waals surface area (Å²) in [6, 6.07) is -0.125. The Morgan fingerprint density at radius 1 is 0.592 bits per heavy atom. The molecular weight excluding hydrogens is 729 g/mol. The summed E-state index contributed by atoms with van der Waals surface area (Å²) in [5, 5.41) is 5.51. The van der Waals surface area contributed by atoms with Crippen LogP contribution in [-0.4, -0.2) is 73.2 Å². The number of esters is 2. The molecule has 1 unspecified atom stereocenters. The summed E-state index contributed by atoms with van der Waals surface area (Å²) in [7, 11) is 1.64. The van der Waals surface area contributed by atoms with E-state index in [2.05, 4.69) is 52.0 Å². The van der Waals surface area contributed by atoms with Crippen LogP contribution in [0.5, 0.6) is 0 Å². The molecule has 0 aromatic heterocycles. The summed E-state index contributed by atoms with van der Waals surface area (Å²) < 4.78 is 12.5. The summed E-state index contributed by atoms with van der Waals surface area (Å²) in [4.78, 5) is 38.6. The second-order valence-corrected chi connectivity index (χ2v) is 14.9. The predicted molar refractivity (Wildman–Crippen MR) is 215 cm³/mol. The SMILES string of the molecule is CCCCCCCCOC(=O)CCCCCCCN(CCCCCCCC(=O)OC(CCCCC)CCCCCI)CCCNC(=O)NC. The van der Waals surface area contributed by atoms with Gasteiger partial charge in [0.2, 0.25) is 0 Å². The average Bonchev–Trinajstić information content (AvgIpc) is 3.10. The van der Waals surface area contributed by atoms with Gasteiger partial charge in [-0.2, -0.15) is 0 Å². The summed E-state index contributed by atoms with van der Waals surface area (Å²) >= 11 is 2.44. The Kier molecular flexibility index (Phi) is 37.3. The van der Waals surface area contributed by atoms with Crippen molar-refractivity contribution in [3.8, 4) is 0 Å². The number of nitrogens with zero attached hydrogens (tertiary/aromatic N) is 1. The number of ether oxygens (including phenoxy) is 2. The molecule has 2 amide bonds. The van der Waals surface area contributed by atoms with Gasteiger partial charge in [-0.3, -0.25) is 9.59 Å². The Bertz CT molecular complexity index is 757. The maximum atomic E-state index is 12.6. The van der Waals surface area contributed by atoms with Gasteiger partial charge in [0.05, 0.1) is 6.61 Å².